The summed E-state index contributed by atoms with van der Waals surface area (Å²) in [6.45, 7) is 8.03. The Bertz CT molecular complexity index is 881. The molecule has 0 radical (unpaired) electrons. The maximum absolute atomic E-state index is 14.1. The van der Waals surface area contributed by atoms with Crippen molar-refractivity contribution >= 4 is 12.0 Å². The maximum Gasteiger partial charge on any atom is 0.409 e. The van der Waals surface area contributed by atoms with Crippen molar-refractivity contribution in [3.63, 3.8) is 0 Å². The summed E-state index contributed by atoms with van der Waals surface area (Å²) in [6.07, 6.45) is 1.81. The number of carbonyl (C=O) groups is 2. The van der Waals surface area contributed by atoms with Gasteiger partial charge in [0.1, 0.15) is 11.5 Å². The first-order valence-corrected chi connectivity index (χ1v) is 9.89. The molecule has 7 nitrogen and oxygen atoms in total. The van der Waals surface area contributed by atoms with E-state index in [0.717, 1.165) is 0 Å². The molecule has 0 atom stereocenters. The number of carbonyl (C=O) groups excluding carboxylic acids is 2. The normalized spacial score (nSPS) is 14.8. The molecule has 0 aliphatic carbocycles. The van der Waals surface area contributed by atoms with Crippen molar-refractivity contribution in [2.75, 3.05) is 32.8 Å². The summed E-state index contributed by atoms with van der Waals surface area (Å²) >= 11 is 0. The Kier molecular flexibility index (Phi) is 6.51. The Labute approximate surface area is 170 Å². The molecule has 1 aliphatic heterocycles. The van der Waals surface area contributed by atoms with Gasteiger partial charge < -0.3 is 14.5 Å². The van der Waals surface area contributed by atoms with Gasteiger partial charge in [0, 0.05) is 26.2 Å². The first kappa shape index (κ1) is 20.8. The van der Waals surface area contributed by atoms with E-state index in [1.807, 2.05) is 13.8 Å². The summed E-state index contributed by atoms with van der Waals surface area (Å²) in [6, 6.07) is 6.32. The first-order valence-electron chi connectivity index (χ1n) is 9.89. The van der Waals surface area contributed by atoms with Crippen molar-refractivity contribution in [3.05, 3.63) is 47.5 Å². The number of halogens is 1. The average molecular weight is 402 g/mol. The highest BCUT2D eigenvalue weighted by atomic mass is 19.1. The zero-order valence-corrected chi connectivity index (χ0v) is 17.1. The lowest BCUT2D eigenvalue weighted by atomic mass is 10.2. The quantitative estimate of drug-likeness (QED) is 0.787. The van der Waals surface area contributed by atoms with Crippen molar-refractivity contribution in [1.82, 2.24) is 19.6 Å². The smallest absolute Gasteiger partial charge is 0.409 e. The van der Waals surface area contributed by atoms with E-state index >= 15 is 0 Å². The molecule has 29 heavy (non-hydrogen) atoms. The number of rotatable bonds is 4. The van der Waals surface area contributed by atoms with Crippen LogP contribution < -0.4 is 0 Å². The van der Waals surface area contributed by atoms with Crippen LogP contribution in [0.1, 0.15) is 36.3 Å². The van der Waals surface area contributed by atoms with Gasteiger partial charge in [-0.15, -0.1) is 0 Å². The van der Waals surface area contributed by atoms with Crippen LogP contribution in [0.5, 0.6) is 0 Å². The largest absolute Gasteiger partial charge is 0.449 e. The van der Waals surface area contributed by atoms with Crippen LogP contribution >= 0.6 is 0 Å². The van der Waals surface area contributed by atoms with Crippen molar-refractivity contribution in [2.24, 2.45) is 5.92 Å². The summed E-state index contributed by atoms with van der Waals surface area (Å²) in [5.74, 6) is -0.288. The molecule has 1 aliphatic rings. The number of hydrogen-bond donors (Lipinski definition) is 0. The molecule has 156 valence electrons. The fourth-order valence-electron chi connectivity index (χ4n) is 3.29. The summed E-state index contributed by atoms with van der Waals surface area (Å²) in [5, 5.41) is 4.21. The van der Waals surface area contributed by atoms with Gasteiger partial charge in [-0.2, -0.15) is 5.10 Å². The highest BCUT2D eigenvalue weighted by Gasteiger charge is 2.26. The molecule has 2 aromatic rings. The molecular weight excluding hydrogens is 375 g/mol. The fraction of sp³-hybridized carbons (Fsp3) is 0.476. The average Bonchev–Trinajstić information content (AvgIpc) is 2.91. The summed E-state index contributed by atoms with van der Waals surface area (Å²) in [4.78, 5) is 28.6. The number of benzene rings is 1. The number of nitrogens with zero attached hydrogens (tertiary/aromatic N) is 4. The number of para-hydroxylation sites is 1. The Morgan fingerprint density at radius 1 is 1.14 bits per heavy atom. The zero-order chi connectivity index (χ0) is 21.0. The molecule has 1 aromatic carbocycles. The molecule has 2 amide bonds. The molecule has 1 aromatic heterocycles. The van der Waals surface area contributed by atoms with Crippen LogP contribution in [-0.4, -0.2) is 64.4 Å². The van der Waals surface area contributed by atoms with E-state index in [1.165, 1.54) is 16.9 Å². The molecule has 0 unspecified atom stereocenters. The maximum atomic E-state index is 14.1. The minimum absolute atomic E-state index is 0.164. The Balaban J connectivity index is 1.69. The topological polar surface area (TPSA) is 67.7 Å². The molecule has 1 fully saturated rings. The molecule has 1 saturated heterocycles. The van der Waals surface area contributed by atoms with E-state index in [4.69, 9.17) is 4.74 Å². The number of aromatic nitrogens is 2. The van der Waals surface area contributed by atoms with E-state index < -0.39 is 5.82 Å². The van der Waals surface area contributed by atoms with Gasteiger partial charge in [-0.3, -0.25) is 4.79 Å². The fourth-order valence-corrected chi connectivity index (χ4v) is 3.29. The van der Waals surface area contributed by atoms with Crippen LogP contribution in [0.4, 0.5) is 9.18 Å². The lowest BCUT2D eigenvalue weighted by Crippen LogP contribution is -2.38. The van der Waals surface area contributed by atoms with E-state index in [0.29, 0.717) is 56.2 Å². The third-order valence-corrected chi connectivity index (χ3v) is 4.90. The predicted octanol–water partition coefficient (Wildman–Crippen LogP) is 3.26. The monoisotopic (exact) mass is 402 g/mol. The molecule has 0 N–H and O–H groups in total. The van der Waals surface area contributed by atoms with Gasteiger partial charge in [-0.05, 0) is 31.4 Å². The molecular formula is C21H27FN4O3. The first-order chi connectivity index (χ1) is 13.9. The Hall–Kier alpha value is -2.90. The van der Waals surface area contributed by atoms with Crippen molar-refractivity contribution in [3.8, 4) is 5.69 Å². The van der Waals surface area contributed by atoms with Crippen LogP contribution in [0.3, 0.4) is 0 Å². The van der Waals surface area contributed by atoms with Gasteiger partial charge in [-0.1, -0.05) is 26.0 Å². The van der Waals surface area contributed by atoms with Crippen LogP contribution in [0.25, 0.3) is 5.69 Å². The van der Waals surface area contributed by atoms with E-state index in [-0.39, 0.29) is 17.9 Å². The van der Waals surface area contributed by atoms with Gasteiger partial charge in [0.25, 0.3) is 5.91 Å². The predicted molar refractivity (Wildman–Crippen MR) is 107 cm³/mol. The SMILES string of the molecule is Cc1c(C(=O)N2CCCN(C(=O)OCC(C)C)CC2)cnn1-c1ccccc1F. The van der Waals surface area contributed by atoms with Crippen LogP contribution in [0, 0.1) is 18.7 Å². The third-order valence-electron chi connectivity index (χ3n) is 4.90. The minimum atomic E-state index is -0.400. The Morgan fingerprint density at radius 2 is 1.83 bits per heavy atom. The zero-order valence-electron chi connectivity index (χ0n) is 17.1. The molecule has 8 heteroatoms. The van der Waals surface area contributed by atoms with Crippen LogP contribution in [-0.2, 0) is 4.74 Å². The van der Waals surface area contributed by atoms with Crippen LogP contribution in [0.2, 0.25) is 0 Å². The second kappa shape index (κ2) is 9.07. The standard InChI is InChI=1S/C21H27FN4O3/c1-15(2)14-29-21(28)25-10-6-9-24(11-12-25)20(27)17-13-23-26(16(17)3)19-8-5-4-7-18(19)22/h4-5,7-8,13,15H,6,9-12,14H2,1-3H3. The molecule has 0 spiro atoms. The van der Waals surface area contributed by atoms with E-state index in [1.54, 1.807) is 34.9 Å². The van der Waals surface area contributed by atoms with Crippen molar-refractivity contribution in [1.29, 1.82) is 0 Å². The lowest BCUT2D eigenvalue weighted by Gasteiger charge is -2.22. The molecule has 2 heterocycles. The Morgan fingerprint density at radius 3 is 2.55 bits per heavy atom. The summed E-state index contributed by atoms with van der Waals surface area (Å²) in [5.41, 5.74) is 1.32. The molecule has 0 bridgehead atoms. The highest BCUT2D eigenvalue weighted by molar-refractivity contribution is 5.95. The lowest BCUT2D eigenvalue weighted by molar-refractivity contribution is 0.0745. The van der Waals surface area contributed by atoms with Gasteiger partial charge in [0.2, 0.25) is 0 Å². The van der Waals surface area contributed by atoms with E-state index in [9.17, 15) is 14.0 Å². The number of ether oxygens (including phenoxy) is 1. The van der Waals surface area contributed by atoms with Crippen LogP contribution in [0.15, 0.2) is 30.5 Å². The minimum Gasteiger partial charge on any atom is -0.449 e. The van der Waals surface area contributed by atoms with Gasteiger partial charge in [-0.25, -0.2) is 13.9 Å². The molecule has 0 saturated carbocycles. The van der Waals surface area contributed by atoms with Gasteiger partial charge in [0.15, 0.2) is 0 Å². The second-order valence-electron chi connectivity index (χ2n) is 7.61. The van der Waals surface area contributed by atoms with E-state index in [2.05, 4.69) is 5.10 Å². The van der Waals surface area contributed by atoms with Crippen molar-refractivity contribution < 1.29 is 18.7 Å². The molecule has 3 rings (SSSR count). The number of amides is 2. The van der Waals surface area contributed by atoms with Crippen molar-refractivity contribution in [2.45, 2.75) is 27.2 Å². The third kappa shape index (κ3) is 4.75. The summed E-state index contributed by atoms with van der Waals surface area (Å²) in [7, 11) is 0. The summed E-state index contributed by atoms with van der Waals surface area (Å²) < 4.78 is 20.8. The highest BCUT2D eigenvalue weighted by Crippen LogP contribution is 2.19. The van der Waals surface area contributed by atoms with Gasteiger partial charge >= 0.3 is 6.09 Å². The number of hydrogen-bond acceptors (Lipinski definition) is 4. The second-order valence-corrected chi connectivity index (χ2v) is 7.61. The van der Waals surface area contributed by atoms with Gasteiger partial charge in [0.05, 0.1) is 24.1 Å².